The molecule has 0 amide bonds. The first kappa shape index (κ1) is 15.0. The number of carbonyl (C=O) groups is 1. The SMILES string of the molecule is CC(CNCC(=O)O)(c1cccs1)c1ccccc1Cl. The molecule has 2 rings (SSSR count). The van der Waals surface area contributed by atoms with E-state index in [1.165, 1.54) is 0 Å². The van der Waals surface area contributed by atoms with E-state index in [1.54, 1.807) is 11.3 Å². The van der Waals surface area contributed by atoms with Gasteiger partial charge in [0.2, 0.25) is 0 Å². The highest BCUT2D eigenvalue weighted by Crippen LogP contribution is 2.37. The van der Waals surface area contributed by atoms with Gasteiger partial charge in [-0.05, 0) is 30.0 Å². The number of carboxylic acids is 1. The minimum atomic E-state index is -0.863. The van der Waals surface area contributed by atoms with E-state index in [4.69, 9.17) is 16.7 Å². The van der Waals surface area contributed by atoms with Crippen LogP contribution < -0.4 is 5.32 Å². The van der Waals surface area contributed by atoms with Crippen LogP contribution in [-0.2, 0) is 10.2 Å². The van der Waals surface area contributed by atoms with Crippen molar-refractivity contribution < 1.29 is 9.90 Å². The Morgan fingerprint density at radius 3 is 2.70 bits per heavy atom. The number of hydrogen-bond acceptors (Lipinski definition) is 3. The van der Waals surface area contributed by atoms with Crippen LogP contribution in [0.15, 0.2) is 41.8 Å². The van der Waals surface area contributed by atoms with Gasteiger partial charge in [-0.2, -0.15) is 0 Å². The number of carboxylic acid groups (broad SMARTS) is 1. The second-order valence-electron chi connectivity index (χ2n) is 4.79. The van der Waals surface area contributed by atoms with Gasteiger partial charge < -0.3 is 10.4 Å². The molecule has 106 valence electrons. The summed E-state index contributed by atoms with van der Waals surface area (Å²) in [7, 11) is 0. The zero-order valence-corrected chi connectivity index (χ0v) is 12.7. The van der Waals surface area contributed by atoms with E-state index in [2.05, 4.69) is 18.3 Å². The van der Waals surface area contributed by atoms with Crippen LogP contribution in [-0.4, -0.2) is 24.2 Å². The molecule has 1 unspecified atom stereocenters. The van der Waals surface area contributed by atoms with Crippen LogP contribution in [0.1, 0.15) is 17.4 Å². The van der Waals surface area contributed by atoms with Gasteiger partial charge in [-0.25, -0.2) is 0 Å². The maximum Gasteiger partial charge on any atom is 0.317 e. The summed E-state index contributed by atoms with van der Waals surface area (Å²) in [4.78, 5) is 11.8. The van der Waals surface area contributed by atoms with Gasteiger partial charge in [0.05, 0.1) is 6.54 Å². The van der Waals surface area contributed by atoms with Crippen LogP contribution >= 0.6 is 22.9 Å². The van der Waals surface area contributed by atoms with Gasteiger partial charge in [0.25, 0.3) is 0 Å². The molecule has 5 heteroatoms. The van der Waals surface area contributed by atoms with Crippen molar-refractivity contribution >= 4 is 28.9 Å². The molecule has 0 saturated carbocycles. The Bertz CT molecular complexity index is 585. The number of aliphatic carboxylic acids is 1. The van der Waals surface area contributed by atoms with Gasteiger partial charge in [0, 0.05) is 21.9 Å². The Kier molecular flexibility index (Phi) is 4.81. The highest BCUT2D eigenvalue weighted by Gasteiger charge is 2.31. The molecule has 3 nitrogen and oxygen atoms in total. The van der Waals surface area contributed by atoms with Gasteiger partial charge in [-0.15, -0.1) is 11.3 Å². The van der Waals surface area contributed by atoms with Crippen molar-refractivity contribution in [3.05, 3.63) is 57.2 Å². The first-order valence-electron chi connectivity index (χ1n) is 6.25. The Hall–Kier alpha value is -1.36. The van der Waals surface area contributed by atoms with E-state index in [9.17, 15) is 4.79 Å². The zero-order chi connectivity index (χ0) is 14.6. The van der Waals surface area contributed by atoms with Crippen molar-refractivity contribution in [3.8, 4) is 0 Å². The summed E-state index contributed by atoms with van der Waals surface area (Å²) in [6.45, 7) is 2.53. The molecular formula is C15H16ClNO2S. The van der Waals surface area contributed by atoms with E-state index >= 15 is 0 Å². The van der Waals surface area contributed by atoms with Crippen LogP contribution in [0.3, 0.4) is 0 Å². The molecule has 0 aliphatic heterocycles. The van der Waals surface area contributed by atoms with Crippen molar-refractivity contribution in [2.75, 3.05) is 13.1 Å². The number of halogens is 1. The summed E-state index contributed by atoms with van der Waals surface area (Å²) >= 11 is 7.97. The van der Waals surface area contributed by atoms with Gasteiger partial charge in [-0.1, -0.05) is 35.9 Å². The third kappa shape index (κ3) is 3.20. The molecule has 0 radical (unpaired) electrons. The minimum Gasteiger partial charge on any atom is -0.480 e. The van der Waals surface area contributed by atoms with E-state index < -0.39 is 5.97 Å². The van der Waals surface area contributed by atoms with Crippen LogP contribution in [0.4, 0.5) is 0 Å². The number of hydrogen-bond donors (Lipinski definition) is 2. The molecule has 1 heterocycles. The summed E-state index contributed by atoms with van der Waals surface area (Å²) in [5.41, 5.74) is 0.657. The topological polar surface area (TPSA) is 49.3 Å². The molecular weight excluding hydrogens is 294 g/mol. The van der Waals surface area contributed by atoms with Crippen LogP contribution in [0, 0.1) is 0 Å². The van der Waals surface area contributed by atoms with Crippen molar-refractivity contribution in [2.24, 2.45) is 0 Å². The Balaban J connectivity index is 2.34. The summed E-state index contributed by atoms with van der Waals surface area (Å²) in [5.74, 6) is -0.863. The first-order valence-corrected chi connectivity index (χ1v) is 7.51. The smallest absolute Gasteiger partial charge is 0.317 e. The molecule has 0 aliphatic rings. The van der Waals surface area contributed by atoms with Crippen LogP contribution in [0.25, 0.3) is 0 Å². The molecule has 1 atom stereocenters. The van der Waals surface area contributed by atoms with Crippen molar-refractivity contribution in [3.63, 3.8) is 0 Å². The fraction of sp³-hybridized carbons (Fsp3) is 0.267. The lowest BCUT2D eigenvalue weighted by Gasteiger charge is -2.30. The number of thiophene rings is 1. The van der Waals surface area contributed by atoms with Crippen molar-refractivity contribution in [1.82, 2.24) is 5.32 Å². The maximum absolute atomic E-state index is 10.7. The summed E-state index contributed by atoms with van der Waals surface area (Å²) in [6.07, 6.45) is 0. The number of benzene rings is 1. The van der Waals surface area contributed by atoms with Crippen LogP contribution in [0.5, 0.6) is 0 Å². The molecule has 0 bridgehead atoms. The average Bonchev–Trinajstić information content (AvgIpc) is 2.93. The molecule has 0 saturated heterocycles. The molecule has 1 aromatic carbocycles. The van der Waals surface area contributed by atoms with Crippen LogP contribution in [0.2, 0.25) is 5.02 Å². The first-order chi connectivity index (χ1) is 9.54. The highest BCUT2D eigenvalue weighted by atomic mass is 35.5. The lowest BCUT2D eigenvalue weighted by Crippen LogP contribution is -2.38. The average molecular weight is 310 g/mol. The zero-order valence-electron chi connectivity index (χ0n) is 11.1. The van der Waals surface area contributed by atoms with Crippen molar-refractivity contribution in [2.45, 2.75) is 12.3 Å². The number of nitrogens with one attached hydrogen (secondary N) is 1. The monoisotopic (exact) mass is 309 g/mol. The van der Waals surface area contributed by atoms with Crippen molar-refractivity contribution in [1.29, 1.82) is 0 Å². The van der Waals surface area contributed by atoms with E-state index in [1.807, 2.05) is 35.7 Å². The van der Waals surface area contributed by atoms with E-state index in [0.29, 0.717) is 11.6 Å². The molecule has 1 aromatic heterocycles. The molecule has 2 N–H and O–H groups in total. The number of rotatable bonds is 6. The Morgan fingerprint density at radius 2 is 2.10 bits per heavy atom. The Morgan fingerprint density at radius 1 is 1.35 bits per heavy atom. The van der Waals surface area contributed by atoms with E-state index in [0.717, 1.165) is 10.4 Å². The summed E-state index contributed by atoms with van der Waals surface area (Å²) in [5, 5.41) is 14.5. The molecule has 2 aromatic rings. The predicted molar refractivity (Wildman–Crippen MR) is 82.7 cm³/mol. The fourth-order valence-corrected chi connectivity index (χ4v) is 3.48. The predicted octanol–water partition coefficient (Wildman–Crippen LogP) is 3.38. The third-order valence-corrected chi connectivity index (χ3v) is 4.75. The van der Waals surface area contributed by atoms with Gasteiger partial charge in [0.1, 0.15) is 0 Å². The quantitative estimate of drug-likeness (QED) is 0.860. The summed E-state index contributed by atoms with van der Waals surface area (Å²) in [6, 6.07) is 11.7. The Labute approximate surface area is 127 Å². The van der Waals surface area contributed by atoms with Gasteiger partial charge in [-0.3, -0.25) is 4.79 Å². The lowest BCUT2D eigenvalue weighted by atomic mass is 9.81. The highest BCUT2D eigenvalue weighted by molar-refractivity contribution is 7.10. The maximum atomic E-state index is 10.7. The molecule has 20 heavy (non-hydrogen) atoms. The second-order valence-corrected chi connectivity index (χ2v) is 6.14. The van der Waals surface area contributed by atoms with Gasteiger partial charge in [0.15, 0.2) is 0 Å². The second kappa shape index (κ2) is 6.39. The van der Waals surface area contributed by atoms with E-state index in [-0.39, 0.29) is 12.0 Å². The molecule has 0 fully saturated rings. The lowest BCUT2D eigenvalue weighted by molar-refractivity contribution is -0.135. The standard InChI is InChI=1S/C15H16ClNO2S/c1-15(10-17-9-14(18)19,13-7-4-8-20-13)11-5-2-3-6-12(11)16/h2-8,17H,9-10H2,1H3,(H,18,19). The molecule has 0 spiro atoms. The fourth-order valence-electron chi connectivity index (χ4n) is 2.24. The van der Waals surface area contributed by atoms with Gasteiger partial charge >= 0.3 is 5.97 Å². The third-order valence-electron chi connectivity index (χ3n) is 3.29. The largest absolute Gasteiger partial charge is 0.480 e. The minimum absolute atomic E-state index is 0.0641. The summed E-state index contributed by atoms with van der Waals surface area (Å²) < 4.78 is 0. The molecule has 0 aliphatic carbocycles. The normalized spacial score (nSPS) is 13.9.